The quantitative estimate of drug-likeness (QED) is 0.710. The lowest BCUT2D eigenvalue weighted by Gasteiger charge is -2.24. The highest BCUT2D eigenvalue weighted by molar-refractivity contribution is 6.30. The molecule has 1 nitrogen and oxygen atoms in total. The van der Waals surface area contributed by atoms with Gasteiger partial charge in [-0.2, -0.15) is 0 Å². The molecule has 0 saturated heterocycles. The van der Waals surface area contributed by atoms with Crippen molar-refractivity contribution in [3.63, 3.8) is 0 Å². The number of nitrogens with zero attached hydrogens (tertiary/aromatic N) is 1. The minimum absolute atomic E-state index is 0.236. The van der Waals surface area contributed by atoms with E-state index in [9.17, 15) is 4.39 Å². The van der Waals surface area contributed by atoms with E-state index in [1.807, 2.05) is 25.8 Å². The van der Waals surface area contributed by atoms with E-state index in [1.165, 1.54) is 6.07 Å². The largest absolute Gasteiger partial charge is 0.370 e. The summed E-state index contributed by atoms with van der Waals surface area (Å²) < 4.78 is 13.3. The molecular weight excluding hydrogens is 189 g/mol. The van der Waals surface area contributed by atoms with Crippen LogP contribution in [0, 0.1) is 5.82 Å². The maximum atomic E-state index is 13.3. The molecule has 0 radical (unpaired) electrons. The second kappa shape index (κ2) is 3.97. The van der Waals surface area contributed by atoms with Crippen LogP contribution in [0.15, 0.2) is 18.2 Å². The highest BCUT2D eigenvalue weighted by atomic mass is 35.5. The third kappa shape index (κ3) is 2.34. The van der Waals surface area contributed by atoms with Crippen LogP contribution in [0.5, 0.6) is 0 Å². The zero-order valence-electron chi connectivity index (χ0n) is 8.01. The van der Waals surface area contributed by atoms with Crippen LogP contribution < -0.4 is 4.90 Å². The second-order valence-corrected chi connectivity index (χ2v) is 3.74. The number of hydrogen-bond donors (Lipinski definition) is 0. The predicted octanol–water partition coefficient (Wildman–Crippen LogP) is 3.32. The van der Waals surface area contributed by atoms with E-state index in [0.717, 1.165) is 0 Å². The minimum atomic E-state index is -0.236. The maximum Gasteiger partial charge on any atom is 0.146 e. The second-order valence-electron chi connectivity index (χ2n) is 3.30. The highest BCUT2D eigenvalue weighted by Gasteiger charge is 2.10. The third-order valence-electron chi connectivity index (χ3n) is 2.06. The Bertz CT molecular complexity index is 299. The number of benzene rings is 1. The molecule has 1 rings (SSSR count). The predicted molar refractivity (Wildman–Crippen MR) is 54.9 cm³/mol. The van der Waals surface area contributed by atoms with Crippen molar-refractivity contribution in [1.82, 2.24) is 0 Å². The van der Waals surface area contributed by atoms with Gasteiger partial charge in [0.05, 0.1) is 5.69 Å². The first-order chi connectivity index (χ1) is 6.02. The molecule has 1 aromatic rings. The van der Waals surface area contributed by atoms with Crippen LogP contribution in [-0.2, 0) is 0 Å². The standard InChI is InChI=1S/C10H13ClFN/c1-7(2)13(3)10-6-8(11)4-5-9(10)12/h4-7H,1-3H3. The van der Waals surface area contributed by atoms with E-state index in [-0.39, 0.29) is 11.9 Å². The molecule has 72 valence electrons. The zero-order chi connectivity index (χ0) is 10.0. The Morgan fingerprint density at radius 3 is 2.54 bits per heavy atom. The molecule has 0 saturated carbocycles. The molecule has 3 heteroatoms. The van der Waals surface area contributed by atoms with Crippen LogP contribution in [0.25, 0.3) is 0 Å². The summed E-state index contributed by atoms with van der Waals surface area (Å²) in [4.78, 5) is 1.85. The summed E-state index contributed by atoms with van der Waals surface area (Å²) in [5.74, 6) is -0.236. The van der Waals surface area contributed by atoms with Gasteiger partial charge in [-0.25, -0.2) is 4.39 Å². The van der Waals surface area contributed by atoms with Gasteiger partial charge in [0, 0.05) is 18.1 Å². The van der Waals surface area contributed by atoms with Gasteiger partial charge in [-0.15, -0.1) is 0 Å². The van der Waals surface area contributed by atoms with Crippen LogP contribution in [0.3, 0.4) is 0 Å². The van der Waals surface area contributed by atoms with E-state index in [1.54, 1.807) is 12.1 Å². The summed E-state index contributed by atoms with van der Waals surface area (Å²) in [6.45, 7) is 4.00. The molecule has 0 aliphatic carbocycles. The van der Waals surface area contributed by atoms with Gasteiger partial charge in [0.2, 0.25) is 0 Å². The fraction of sp³-hybridized carbons (Fsp3) is 0.400. The fourth-order valence-electron chi connectivity index (χ4n) is 1.03. The first-order valence-electron chi connectivity index (χ1n) is 4.20. The Labute approximate surface area is 83.1 Å². The van der Waals surface area contributed by atoms with Gasteiger partial charge in [0.1, 0.15) is 5.82 Å². The first kappa shape index (κ1) is 10.3. The van der Waals surface area contributed by atoms with Crippen molar-refractivity contribution < 1.29 is 4.39 Å². The van der Waals surface area contributed by atoms with Crippen molar-refractivity contribution in [2.24, 2.45) is 0 Å². The lowest BCUT2D eigenvalue weighted by Crippen LogP contribution is -2.26. The normalized spacial score (nSPS) is 10.6. The lowest BCUT2D eigenvalue weighted by atomic mass is 10.2. The zero-order valence-corrected chi connectivity index (χ0v) is 8.77. The minimum Gasteiger partial charge on any atom is -0.370 e. The number of halogens is 2. The number of rotatable bonds is 2. The molecule has 0 aliphatic heterocycles. The Morgan fingerprint density at radius 2 is 2.00 bits per heavy atom. The van der Waals surface area contributed by atoms with Gasteiger partial charge >= 0.3 is 0 Å². The van der Waals surface area contributed by atoms with Gasteiger partial charge in [0.25, 0.3) is 0 Å². The molecule has 1 aromatic carbocycles. The van der Waals surface area contributed by atoms with Gasteiger partial charge in [-0.3, -0.25) is 0 Å². The molecule has 0 aromatic heterocycles. The van der Waals surface area contributed by atoms with Crippen molar-refractivity contribution in [2.45, 2.75) is 19.9 Å². The first-order valence-corrected chi connectivity index (χ1v) is 4.58. The Balaban J connectivity index is 3.05. The van der Waals surface area contributed by atoms with Crippen molar-refractivity contribution >= 4 is 17.3 Å². The Morgan fingerprint density at radius 1 is 1.38 bits per heavy atom. The molecule has 13 heavy (non-hydrogen) atoms. The van der Waals surface area contributed by atoms with E-state index in [0.29, 0.717) is 10.7 Å². The van der Waals surface area contributed by atoms with E-state index in [4.69, 9.17) is 11.6 Å². The average molecular weight is 202 g/mol. The lowest BCUT2D eigenvalue weighted by molar-refractivity contribution is 0.614. The van der Waals surface area contributed by atoms with Gasteiger partial charge in [-0.1, -0.05) is 11.6 Å². The van der Waals surface area contributed by atoms with Crippen LogP contribution in [0.2, 0.25) is 5.02 Å². The summed E-state index contributed by atoms with van der Waals surface area (Å²) in [5.41, 5.74) is 0.544. The molecular formula is C10H13ClFN. The van der Waals surface area contributed by atoms with Crippen molar-refractivity contribution in [1.29, 1.82) is 0 Å². The molecule has 0 spiro atoms. The monoisotopic (exact) mass is 201 g/mol. The fourth-order valence-corrected chi connectivity index (χ4v) is 1.20. The molecule has 0 bridgehead atoms. The topological polar surface area (TPSA) is 3.24 Å². The average Bonchev–Trinajstić information content (AvgIpc) is 2.08. The molecule has 0 N–H and O–H groups in total. The molecule has 0 heterocycles. The molecule has 0 unspecified atom stereocenters. The van der Waals surface area contributed by atoms with E-state index >= 15 is 0 Å². The Hall–Kier alpha value is -0.760. The van der Waals surface area contributed by atoms with E-state index < -0.39 is 0 Å². The summed E-state index contributed by atoms with van der Waals surface area (Å²) in [5, 5.41) is 0.559. The number of anilines is 1. The van der Waals surface area contributed by atoms with Crippen molar-refractivity contribution in [3.8, 4) is 0 Å². The van der Waals surface area contributed by atoms with Crippen LogP contribution in [-0.4, -0.2) is 13.1 Å². The summed E-state index contributed by atoms with van der Waals surface area (Å²) >= 11 is 5.77. The van der Waals surface area contributed by atoms with Crippen LogP contribution >= 0.6 is 11.6 Å². The molecule has 0 aliphatic rings. The third-order valence-corrected chi connectivity index (χ3v) is 2.30. The number of hydrogen-bond acceptors (Lipinski definition) is 1. The summed E-state index contributed by atoms with van der Waals surface area (Å²) in [7, 11) is 1.85. The van der Waals surface area contributed by atoms with Crippen molar-refractivity contribution in [2.75, 3.05) is 11.9 Å². The molecule has 0 atom stereocenters. The molecule has 0 fully saturated rings. The summed E-state index contributed by atoms with van der Waals surface area (Å²) in [6, 6.07) is 4.83. The SMILES string of the molecule is CC(C)N(C)c1cc(Cl)ccc1F. The van der Waals surface area contributed by atoms with Gasteiger partial charge in [0.15, 0.2) is 0 Å². The van der Waals surface area contributed by atoms with Crippen LogP contribution in [0.4, 0.5) is 10.1 Å². The van der Waals surface area contributed by atoms with E-state index in [2.05, 4.69) is 0 Å². The van der Waals surface area contributed by atoms with Crippen molar-refractivity contribution in [3.05, 3.63) is 29.0 Å². The molecule has 0 amide bonds. The van der Waals surface area contributed by atoms with Gasteiger partial charge in [-0.05, 0) is 32.0 Å². The smallest absolute Gasteiger partial charge is 0.146 e. The highest BCUT2D eigenvalue weighted by Crippen LogP contribution is 2.23. The Kier molecular flexibility index (Phi) is 3.15. The summed E-state index contributed by atoms with van der Waals surface area (Å²) in [6.07, 6.45) is 0. The van der Waals surface area contributed by atoms with Crippen LogP contribution in [0.1, 0.15) is 13.8 Å². The van der Waals surface area contributed by atoms with Gasteiger partial charge < -0.3 is 4.90 Å². The maximum absolute atomic E-state index is 13.3.